The van der Waals surface area contributed by atoms with E-state index in [1.807, 2.05) is 37.3 Å². The quantitative estimate of drug-likeness (QED) is 0.275. The van der Waals surface area contributed by atoms with E-state index < -0.39 is 0 Å². The second kappa shape index (κ2) is 9.19. The van der Waals surface area contributed by atoms with Crippen LogP contribution in [0.15, 0.2) is 91.3 Å². The van der Waals surface area contributed by atoms with Gasteiger partial charge >= 0.3 is 0 Å². The number of aromatic nitrogens is 3. The van der Waals surface area contributed by atoms with Crippen molar-refractivity contribution in [2.75, 3.05) is 0 Å². The number of aliphatic hydroxyl groups is 1. The zero-order valence-corrected chi connectivity index (χ0v) is 21.1. The molecule has 3 aromatic heterocycles. The first-order valence-corrected chi connectivity index (χ1v) is 12.3. The van der Waals surface area contributed by atoms with Crippen LogP contribution in [0.5, 0.6) is 11.6 Å². The number of rotatable bonds is 5. The minimum Gasteiger partial charge on any atom is -0.439 e. The third kappa shape index (κ3) is 4.34. The second-order valence-corrected chi connectivity index (χ2v) is 9.58. The van der Waals surface area contributed by atoms with Crippen molar-refractivity contribution >= 4 is 21.8 Å². The summed E-state index contributed by atoms with van der Waals surface area (Å²) in [6.07, 6.45) is 3.51. The summed E-state index contributed by atoms with van der Waals surface area (Å²) in [6.45, 7) is 6.18. The number of fused-ring (bicyclic) bond motifs is 3. The molecule has 6 rings (SSSR count). The highest BCUT2D eigenvalue weighted by Crippen LogP contribution is 2.36. The zero-order valence-electron chi connectivity index (χ0n) is 21.1. The van der Waals surface area contributed by atoms with Crippen molar-refractivity contribution < 1.29 is 9.84 Å². The van der Waals surface area contributed by atoms with Crippen molar-refractivity contribution in [2.24, 2.45) is 0 Å². The SMILES string of the molecule is Cc1cc(Oc2cc(C)ccn2)cc(-c2ccc3c4cc(C)ccc4n(-c4cc(CO)ccn4)c3c2)c1. The molecular formula is C32H27N3O2. The Morgan fingerprint density at radius 1 is 0.676 bits per heavy atom. The fraction of sp³-hybridized carbons (Fsp3) is 0.125. The summed E-state index contributed by atoms with van der Waals surface area (Å²) in [7, 11) is 0. The average Bonchev–Trinajstić information content (AvgIpc) is 3.21. The van der Waals surface area contributed by atoms with E-state index in [1.54, 1.807) is 12.4 Å². The normalized spacial score (nSPS) is 11.4. The molecule has 3 heterocycles. The maximum atomic E-state index is 9.73. The summed E-state index contributed by atoms with van der Waals surface area (Å²) in [6, 6.07) is 27.0. The minimum atomic E-state index is -0.0289. The van der Waals surface area contributed by atoms with Gasteiger partial charge in [0.1, 0.15) is 11.6 Å². The number of hydrogen-bond donors (Lipinski definition) is 1. The van der Waals surface area contributed by atoms with Gasteiger partial charge in [-0.05, 0) is 97.1 Å². The molecule has 0 radical (unpaired) electrons. The van der Waals surface area contributed by atoms with Crippen molar-refractivity contribution in [1.82, 2.24) is 14.5 Å². The van der Waals surface area contributed by atoms with Gasteiger partial charge in [-0.1, -0.05) is 29.8 Å². The third-order valence-corrected chi connectivity index (χ3v) is 6.64. The van der Waals surface area contributed by atoms with Gasteiger partial charge in [0.2, 0.25) is 5.88 Å². The van der Waals surface area contributed by atoms with Gasteiger partial charge in [-0.3, -0.25) is 4.57 Å². The number of hydrogen-bond acceptors (Lipinski definition) is 4. The monoisotopic (exact) mass is 485 g/mol. The lowest BCUT2D eigenvalue weighted by Gasteiger charge is -2.11. The zero-order chi connectivity index (χ0) is 25.5. The van der Waals surface area contributed by atoms with E-state index in [1.165, 1.54) is 10.9 Å². The molecule has 1 N–H and O–H groups in total. The van der Waals surface area contributed by atoms with Gasteiger partial charge in [-0.15, -0.1) is 0 Å². The number of aliphatic hydroxyl groups excluding tert-OH is 1. The molecule has 0 amide bonds. The Balaban J connectivity index is 1.53. The maximum Gasteiger partial charge on any atom is 0.219 e. The number of benzene rings is 3. The summed E-state index contributed by atoms with van der Waals surface area (Å²) < 4.78 is 8.30. The summed E-state index contributed by atoms with van der Waals surface area (Å²) in [5.74, 6) is 2.12. The Morgan fingerprint density at radius 3 is 2.35 bits per heavy atom. The first-order valence-electron chi connectivity index (χ1n) is 12.3. The maximum absolute atomic E-state index is 9.73. The Kier molecular flexibility index (Phi) is 5.70. The lowest BCUT2D eigenvalue weighted by molar-refractivity contribution is 0.281. The molecule has 37 heavy (non-hydrogen) atoms. The molecule has 0 aliphatic rings. The van der Waals surface area contributed by atoms with Gasteiger partial charge in [0.25, 0.3) is 0 Å². The predicted octanol–water partition coefficient (Wildman–Crippen LogP) is 7.45. The van der Waals surface area contributed by atoms with Crippen molar-refractivity contribution in [3.8, 4) is 28.6 Å². The van der Waals surface area contributed by atoms with Gasteiger partial charge in [0.15, 0.2) is 0 Å². The Bertz CT molecular complexity index is 1790. The van der Waals surface area contributed by atoms with E-state index in [9.17, 15) is 5.11 Å². The molecule has 0 spiro atoms. The van der Waals surface area contributed by atoms with Crippen molar-refractivity contribution in [2.45, 2.75) is 27.4 Å². The standard InChI is InChI=1S/C32H27N3O2/c1-20-4-7-29-28(14-20)27-6-5-24(18-30(27)35(29)31-16-23(19-36)9-11-33-31)25-12-22(3)13-26(17-25)37-32-15-21(2)8-10-34-32/h4-18,36H,19H2,1-3H3. The van der Waals surface area contributed by atoms with Crippen LogP contribution in [0.1, 0.15) is 22.3 Å². The van der Waals surface area contributed by atoms with E-state index in [0.717, 1.165) is 55.8 Å². The molecule has 3 aromatic carbocycles. The van der Waals surface area contributed by atoms with E-state index in [-0.39, 0.29) is 6.61 Å². The van der Waals surface area contributed by atoms with Gasteiger partial charge in [0, 0.05) is 29.2 Å². The molecule has 0 saturated heterocycles. The van der Waals surface area contributed by atoms with Crippen molar-refractivity contribution in [1.29, 1.82) is 0 Å². The van der Waals surface area contributed by atoms with Crippen molar-refractivity contribution in [3.63, 3.8) is 0 Å². The lowest BCUT2D eigenvalue weighted by atomic mass is 10.0. The minimum absolute atomic E-state index is 0.0289. The topological polar surface area (TPSA) is 60.2 Å². The number of nitrogens with zero attached hydrogens (tertiary/aromatic N) is 3. The summed E-state index contributed by atoms with van der Waals surface area (Å²) in [4.78, 5) is 9.01. The Hall–Kier alpha value is -4.48. The number of aryl methyl sites for hydroxylation is 3. The van der Waals surface area contributed by atoms with E-state index >= 15 is 0 Å². The van der Waals surface area contributed by atoms with Crippen LogP contribution in [0.4, 0.5) is 0 Å². The van der Waals surface area contributed by atoms with E-state index in [2.05, 4.69) is 76.9 Å². The first-order chi connectivity index (χ1) is 18.0. The smallest absolute Gasteiger partial charge is 0.219 e. The number of ether oxygens (including phenoxy) is 1. The van der Waals surface area contributed by atoms with Gasteiger partial charge in [-0.25, -0.2) is 9.97 Å². The molecule has 5 heteroatoms. The molecule has 6 aromatic rings. The molecule has 0 atom stereocenters. The Morgan fingerprint density at radius 2 is 1.51 bits per heavy atom. The highest BCUT2D eigenvalue weighted by atomic mass is 16.5. The fourth-order valence-corrected chi connectivity index (χ4v) is 4.90. The highest BCUT2D eigenvalue weighted by Gasteiger charge is 2.15. The van der Waals surface area contributed by atoms with Crippen LogP contribution in [0, 0.1) is 20.8 Å². The molecule has 0 fully saturated rings. The third-order valence-electron chi connectivity index (χ3n) is 6.64. The van der Waals surface area contributed by atoms with Crippen LogP contribution in [0.2, 0.25) is 0 Å². The molecular weight excluding hydrogens is 458 g/mol. The van der Waals surface area contributed by atoms with Gasteiger partial charge in [0.05, 0.1) is 17.6 Å². The van der Waals surface area contributed by atoms with Crippen LogP contribution in [-0.4, -0.2) is 19.6 Å². The average molecular weight is 486 g/mol. The van der Waals surface area contributed by atoms with Crippen LogP contribution >= 0.6 is 0 Å². The lowest BCUT2D eigenvalue weighted by Crippen LogP contribution is -1.99. The number of pyridine rings is 2. The predicted molar refractivity (Wildman–Crippen MR) is 148 cm³/mol. The largest absolute Gasteiger partial charge is 0.439 e. The molecule has 182 valence electrons. The van der Waals surface area contributed by atoms with Crippen LogP contribution in [0.3, 0.4) is 0 Å². The fourth-order valence-electron chi connectivity index (χ4n) is 4.90. The Labute approximate surface area is 215 Å². The summed E-state index contributed by atoms with van der Waals surface area (Å²) in [5, 5.41) is 12.1. The second-order valence-electron chi connectivity index (χ2n) is 9.58. The summed E-state index contributed by atoms with van der Waals surface area (Å²) in [5.41, 5.74) is 8.53. The van der Waals surface area contributed by atoms with E-state index in [0.29, 0.717) is 5.88 Å². The molecule has 0 unspecified atom stereocenters. The molecule has 0 saturated carbocycles. The molecule has 0 aliphatic heterocycles. The van der Waals surface area contributed by atoms with E-state index in [4.69, 9.17) is 4.74 Å². The first kappa shape index (κ1) is 23.0. The van der Waals surface area contributed by atoms with Crippen LogP contribution < -0.4 is 4.74 Å². The molecule has 0 aliphatic carbocycles. The van der Waals surface area contributed by atoms with Crippen LogP contribution in [0.25, 0.3) is 38.8 Å². The van der Waals surface area contributed by atoms with Gasteiger partial charge < -0.3 is 9.84 Å². The van der Waals surface area contributed by atoms with Crippen molar-refractivity contribution in [3.05, 3.63) is 114 Å². The summed E-state index contributed by atoms with van der Waals surface area (Å²) >= 11 is 0. The van der Waals surface area contributed by atoms with Crippen LogP contribution in [-0.2, 0) is 6.61 Å². The molecule has 5 nitrogen and oxygen atoms in total. The van der Waals surface area contributed by atoms with Gasteiger partial charge in [-0.2, -0.15) is 0 Å². The molecule has 0 bridgehead atoms. The highest BCUT2D eigenvalue weighted by molar-refractivity contribution is 6.10.